The van der Waals surface area contributed by atoms with Crippen LogP contribution in [0.15, 0.2) is 48.5 Å². The van der Waals surface area contributed by atoms with Gasteiger partial charge in [-0.05, 0) is 61.7 Å². The molecule has 1 N–H and O–H groups in total. The van der Waals surface area contributed by atoms with Crippen LogP contribution >= 0.6 is 0 Å². The Hall–Kier alpha value is -4.05. The van der Waals surface area contributed by atoms with Crippen molar-refractivity contribution in [1.29, 1.82) is 5.26 Å². The number of ether oxygens (including phenoxy) is 3. The van der Waals surface area contributed by atoms with Crippen molar-refractivity contribution in [3.05, 3.63) is 82.2 Å². The second-order valence-electron chi connectivity index (χ2n) is 8.58. The molecule has 34 heavy (non-hydrogen) atoms. The van der Waals surface area contributed by atoms with Crippen molar-refractivity contribution in [2.75, 3.05) is 6.61 Å². The number of carboxylic acid groups (broad SMARTS) is 1. The number of nitrogens with zero attached hydrogens (tertiary/aromatic N) is 1. The molecule has 0 amide bonds. The Morgan fingerprint density at radius 2 is 2.03 bits per heavy atom. The highest BCUT2D eigenvalue weighted by Crippen LogP contribution is 2.44. The minimum atomic E-state index is -0.867. The summed E-state index contributed by atoms with van der Waals surface area (Å²) in [6.07, 6.45) is 0.730. The lowest BCUT2D eigenvalue weighted by Gasteiger charge is -2.18. The van der Waals surface area contributed by atoms with E-state index in [0.29, 0.717) is 53.6 Å². The maximum absolute atomic E-state index is 14.9. The van der Waals surface area contributed by atoms with E-state index in [1.165, 1.54) is 6.07 Å². The van der Waals surface area contributed by atoms with Gasteiger partial charge in [0.2, 0.25) is 0 Å². The molecule has 5 rings (SSSR count). The van der Waals surface area contributed by atoms with E-state index in [4.69, 9.17) is 24.6 Å². The molecule has 2 atom stereocenters. The van der Waals surface area contributed by atoms with Gasteiger partial charge in [0.15, 0.2) is 0 Å². The molecule has 172 valence electrons. The van der Waals surface area contributed by atoms with E-state index in [0.717, 1.165) is 16.7 Å². The number of benzene rings is 3. The van der Waals surface area contributed by atoms with Crippen molar-refractivity contribution in [2.24, 2.45) is 0 Å². The van der Waals surface area contributed by atoms with Gasteiger partial charge in [0.05, 0.1) is 24.7 Å². The molecule has 3 aromatic carbocycles. The molecular weight excluding hydrogens is 437 g/mol. The first kappa shape index (κ1) is 21.8. The van der Waals surface area contributed by atoms with Crippen LogP contribution < -0.4 is 14.2 Å². The number of carbonyl (C=O) groups is 1. The molecule has 0 spiro atoms. The number of carboxylic acids is 1. The minimum absolute atomic E-state index is 0.00983. The number of hydrogen-bond acceptors (Lipinski definition) is 5. The standard InChI is InChI=1S/C27H22FNO5/c1-15-10-16(13-29)2-7-22(15)34-23-9-6-21(28)27-20(23)5-8-24(27)33-18-3-4-19-17(11-26(30)31)14-32-25(19)12-18/h2-4,6-7,9-10,12,17,24H,5,8,11,14H2,1H3,(H,30,31)/t17?,24-/m1/s1. The lowest BCUT2D eigenvalue weighted by molar-refractivity contribution is -0.137. The van der Waals surface area contributed by atoms with Crippen molar-refractivity contribution < 1.29 is 28.5 Å². The zero-order valence-electron chi connectivity index (χ0n) is 18.5. The van der Waals surface area contributed by atoms with Gasteiger partial charge >= 0.3 is 5.97 Å². The third-order valence-corrected chi connectivity index (χ3v) is 6.33. The molecule has 0 bridgehead atoms. The summed E-state index contributed by atoms with van der Waals surface area (Å²) >= 11 is 0. The molecule has 2 aliphatic rings. The Balaban J connectivity index is 1.38. The molecule has 1 aliphatic carbocycles. The molecule has 1 aliphatic heterocycles. The topological polar surface area (TPSA) is 88.8 Å². The fourth-order valence-corrected chi connectivity index (χ4v) is 4.68. The van der Waals surface area contributed by atoms with Crippen LogP contribution in [0.2, 0.25) is 0 Å². The van der Waals surface area contributed by atoms with Crippen molar-refractivity contribution in [3.63, 3.8) is 0 Å². The molecule has 1 unspecified atom stereocenters. The lowest BCUT2D eigenvalue weighted by Crippen LogP contribution is -2.07. The number of aliphatic carboxylic acids is 1. The lowest BCUT2D eigenvalue weighted by atomic mass is 9.98. The highest BCUT2D eigenvalue weighted by atomic mass is 19.1. The monoisotopic (exact) mass is 459 g/mol. The molecule has 7 heteroatoms. The van der Waals surface area contributed by atoms with Crippen LogP contribution in [0.3, 0.4) is 0 Å². The molecule has 0 fully saturated rings. The highest BCUT2D eigenvalue weighted by molar-refractivity contribution is 5.68. The summed E-state index contributed by atoms with van der Waals surface area (Å²) in [7, 11) is 0. The smallest absolute Gasteiger partial charge is 0.304 e. The van der Waals surface area contributed by atoms with Gasteiger partial charge in [-0.25, -0.2) is 4.39 Å². The Morgan fingerprint density at radius 1 is 1.21 bits per heavy atom. The minimum Gasteiger partial charge on any atom is -0.492 e. The first-order chi connectivity index (χ1) is 16.4. The van der Waals surface area contributed by atoms with Gasteiger partial charge < -0.3 is 19.3 Å². The van der Waals surface area contributed by atoms with Gasteiger partial charge in [0.1, 0.15) is 34.9 Å². The predicted octanol–water partition coefficient (Wildman–Crippen LogP) is 5.82. The average Bonchev–Trinajstić information content (AvgIpc) is 3.41. The predicted molar refractivity (Wildman–Crippen MR) is 121 cm³/mol. The third-order valence-electron chi connectivity index (χ3n) is 6.33. The SMILES string of the molecule is Cc1cc(C#N)ccc1Oc1ccc(F)c2c1CC[C@H]2Oc1ccc2c(c1)OCC2CC(=O)O. The normalized spacial score (nSPS) is 17.9. The van der Waals surface area contributed by atoms with Gasteiger partial charge in [-0.3, -0.25) is 4.79 Å². The van der Waals surface area contributed by atoms with E-state index in [1.807, 2.05) is 13.0 Å². The van der Waals surface area contributed by atoms with Crippen LogP contribution in [0, 0.1) is 24.1 Å². The van der Waals surface area contributed by atoms with E-state index in [-0.39, 0.29) is 18.2 Å². The highest BCUT2D eigenvalue weighted by Gasteiger charge is 2.32. The average molecular weight is 459 g/mol. The van der Waals surface area contributed by atoms with Crippen LogP contribution in [0.4, 0.5) is 4.39 Å². The summed E-state index contributed by atoms with van der Waals surface area (Å²) < 4.78 is 32.8. The van der Waals surface area contributed by atoms with Gasteiger partial charge in [-0.2, -0.15) is 5.26 Å². The van der Waals surface area contributed by atoms with Crippen molar-refractivity contribution >= 4 is 5.97 Å². The Morgan fingerprint density at radius 3 is 2.79 bits per heavy atom. The van der Waals surface area contributed by atoms with E-state index in [9.17, 15) is 9.18 Å². The molecule has 0 saturated heterocycles. The summed E-state index contributed by atoms with van der Waals surface area (Å²) in [5.41, 5.74) is 3.47. The van der Waals surface area contributed by atoms with Gasteiger partial charge in [0.25, 0.3) is 0 Å². The molecule has 0 aromatic heterocycles. The summed E-state index contributed by atoms with van der Waals surface area (Å²) in [6, 6.07) is 15.6. The summed E-state index contributed by atoms with van der Waals surface area (Å²) in [5.74, 6) is 0.941. The van der Waals surface area contributed by atoms with Crippen molar-refractivity contribution in [1.82, 2.24) is 0 Å². The molecule has 0 saturated carbocycles. The number of rotatable bonds is 6. The Kier molecular flexibility index (Phi) is 5.58. The molecular formula is C27H22FNO5. The number of hydrogen-bond donors (Lipinski definition) is 1. The van der Waals surface area contributed by atoms with Gasteiger partial charge in [-0.1, -0.05) is 6.07 Å². The Labute approximate surface area is 196 Å². The van der Waals surface area contributed by atoms with E-state index in [2.05, 4.69) is 6.07 Å². The Bertz CT molecular complexity index is 1330. The van der Waals surface area contributed by atoms with Crippen LogP contribution in [-0.4, -0.2) is 17.7 Å². The van der Waals surface area contributed by atoms with Crippen LogP contribution in [0.25, 0.3) is 0 Å². The van der Waals surface area contributed by atoms with Crippen molar-refractivity contribution in [3.8, 4) is 29.1 Å². The molecule has 1 heterocycles. The van der Waals surface area contributed by atoms with Gasteiger partial charge in [-0.15, -0.1) is 0 Å². The summed E-state index contributed by atoms with van der Waals surface area (Å²) in [4.78, 5) is 11.1. The zero-order chi connectivity index (χ0) is 23.8. The van der Waals surface area contributed by atoms with Crippen LogP contribution in [0.1, 0.15) is 52.7 Å². The largest absolute Gasteiger partial charge is 0.492 e. The van der Waals surface area contributed by atoms with Crippen LogP contribution in [0.5, 0.6) is 23.0 Å². The van der Waals surface area contributed by atoms with E-state index < -0.39 is 12.1 Å². The quantitative estimate of drug-likeness (QED) is 0.500. The molecule has 6 nitrogen and oxygen atoms in total. The third kappa shape index (κ3) is 4.03. The summed E-state index contributed by atoms with van der Waals surface area (Å²) in [5, 5.41) is 18.1. The summed E-state index contributed by atoms with van der Waals surface area (Å²) in [6.45, 7) is 2.18. The maximum atomic E-state index is 14.9. The van der Waals surface area contributed by atoms with Gasteiger partial charge in [0, 0.05) is 28.7 Å². The van der Waals surface area contributed by atoms with Crippen LogP contribution in [-0.2, 0) is 11.2 Å². The molecule has 0 radical (unpaired) electrons. The number of halogens is 1. The maximum Gasteiger partial charge on any atom is 0.304 e. The molecule has 3 aromatic rings. The second kappa shape index (κ2) is 8.71. The van der Waals surface area contributed by atoms with E-state index in [1.54, 1.807) is 36.4 Å². The number of aryl methyl sites for hydroxylation is 1. The fourth-order valence-electron chi connectivity index (χ4n) is 4.68. The first-order valence-electron chi connectivity index (χ1n) is 11.1. The number of fused-ring (bicyclic) bond motifs is 2. The van der Waals surface area contributed by atoms with E-state index >= 15 is 0 Å². The van der Waals surface area contributed by atoms with Crippen molar-refractivity contribution in [2.45, 2.75) is 38.2 Å². The fraction of sp³-hybridized carbons (Fsp3) is 0.259. The zero-order valence-corrected chi connectivity index (χ0v) is 18.5. The number of nitriles is 1. The first-order valence-corrected chi connectivity index (χ1v) is 11.1. The second-order valence-corrected chi connectivity index (χ2v) is 8.58.